The number of rotatable bonds is 6. The van der Waals surface area contributed by atoms with Gasteiger partial charge in [0.15, 0.2) is 0 Å². The average molecular weight is 359 g/mol. The summed E-state index contributed by atoms with van der Waals surface area (Å²) in [5, 5.41) is 0. The van der Waals surface area contributed by atoms with Crippen LogP contribution in [-0.4, -0.2) is 59.4 Å². The zero-order valence-electron chi connectivity index (χ0n) is 15.7. The molecule has 1 spiro atoms. The third-order valence-electron chi connectivity index (χ3n) is 5.43. The van der Waals surface area contributed by atoms with Crippen LogP contribution in [0, 0.1) is 5.41 Å². The number of pyridine rings is 1. The summed E-state index contributed by atoms with van der Waals surface area (Å²) in [6, 6.07) is 3.90. The number of hydrogen-bond donors (Lipinski definition) is 0. The van der Waals surface area contributed by atoms with Crippen LogP contribution in [0.5, 0.6) is 0 Å². The first-order valence-electron chi connectivity index (χ1n) is 9.64. The maximum absolute atomic E-state index is 12.4. The molecule has 1 aromatic rings. The van der Waals surface area contributed by atoms with E-state index in [-0.39, 0.29) is 23.8 Å². The van der Waals surface area contributed by atoms with Crippen molar-refractivity contribution in [3.63, 3.8) is 0 Å². The molecule has 2 fully saturated rings. The second-order valence-electron chi connectivity index (χ2n) is 7.58. The molecule has 0 bridgehead atoms. The number of aromatic nitrogens is 1. The zero-order valence-corrected chi connectivity index (χ0v) is 15.7. The van der Waals surface area contributed by atoms with Crippen LogP contribution in [0.15, 0.2) is 24.5 Å². The van der Waals surface area contributed by atoms with Gasteiger partial charge in [0.2, 0.25) is 11.8 Å². The van der Waals surface area contributed by atoms with Crippen molar-refractivity contribution in [3.05, 3.63) is 30.1 Å². The van der Waals surface area contributed by atoms with E-state index in [0.29, 0.717) is 19.6 Å². The second kappa shape index (κ2) is 8.62. The molecule has 2 aliphatic rings. The Labute approximate surface area is 155 Å². The molecule has 3 rings (SSSR count). The van der Waals surface area contributed by atoms with Crippen LogP contribution in [0.3, 0.4) is 0 Å². The van der Waals surface area contributed by atoms with Crippen LogP contribution >= 0.6 is 0 Å². The molecule has 2 saturated heterocycles. The van der Waals surface area contributed by atoms with E-state index in [1.54, 1.807) is 6.20 Å². The summed E-state index contributed by atoms with van der Waals surface area (Å²) in [6.45, 7) is 5.68. The number of carbonyl (C=O) groups is 2. The highest BCUT2D eigenvalue weighted by Crippen LogP contribution is 2.39. The molecule has 6 nitrogen and oxygen atoms in total. The van der Waals surface area contributed by atoms with Crippen LogP contribution in [0.4, 0.5) is 0 Å². The third kappa shape index (κ3) is 4.61. The molecular weight excluding hydrogens is 330 g/mol. The zero-order chi connectivity index (χ0) is 18.4. The number of carbonyl (C=O) groups excluding carboxylic acids is 2. The SMILES string of the molecule is CCCOCC(=O)N1CCCC2(CCC(=O)N(Cc3cccnc3)C2)C1. The summed E-state index contributed by atoms with van der Waals surface area (Å²) in [4.78, 5) is 32.9. The van der Waals surface area contributed by atoms with E-state index in [9.17, 15) is 9.59 Å². The molecule has 0 aliphatic carbocycles. The lowest BCUT2D eigenvalue weighted by Gasteiger charge is -2.48. The first-order chi connectivity index (χ1) is 12.6. The molecule has 2 amide bonds. The minimum Gasteiger partial charge on any atom is -0.372 e. The van der Waals surface area contributed by atoms with Gasteiger partial charge >= 0.3 is 0 Å². The quantitative estimate of drug-likeness (QED) is 0.731. The molecular formula is C20H29N3O3. The van der Waals surface area contributed by atoms with E-state index in [4.69, 9.17) is 4.74 Å². The average Bonchev–Trinajstić information content (AvgIpc) is 2.66. The third-order valence-corrected chi connectivity index (χ3v) is 5.43. The van der Waals surface area contributed by atoms with Crippen LogP contribution in [0.1, 0.15) is 44.6 Å². The Morgan fingerprint density at radius 3 is 3.00 bits per heavy atom. The lowest BCUT2D eigenvalue weighted by molar-refractivity contribution is -0.145. The fraction of sp³-hybridized carbons (Fsp3) is 0.650. The van der Waals surface area contributed by atoms with Gasteiger partial charge in [0, 0.05) is 57.0 Å². The van der Waals surface area contributed by atoms with Crippen molar-refractivity contribution in [1.82, 2.24) is 14.8 Å². The summed E-state index contributed by atoms with van der Waals surface area (Å²) >= 11 is 0. The van der Waals surface area contributed by atoms with Crippen LogP contribution in [-0.2, 0) is 20.9 Å². The molecule has 6 heteroatoms. The topological polar surface area (TPSA) is 62.7 Å². The fourth-order valence-electron chi connectivity index (χ4n) is 4.11. The van der Waals surface area contributed by atoms with Gasteiger partial charge in [0.1, 0.15) is 6.61 Å². The van der Waals surface area contributed by atoms with Gasteiger partial charge in [-0.15, -0.1) is 0 Å². The molecule has 3 heterocycles. The summed E-state index contributed by atoms with van der Waals surface area (Å²) in [5.74, 6) is 0.280. The fourth-order valence-corrected chi connectivity index (χ4v) is 4.11. The van der Waals surface area contributed by atoms with E-state index in [2.05, 4.69) is 4.98 Å². The van der Waals surface area contributed by atoms with Crippen LogP contribution in [0.25, 0.3) is 0 Å². The van der Waals surface area contributed by atoms with E-state index in [1.165, 1.54) is 0 Å². The Morgan fingerprint density at radius 1 is 1.35 bits per heavy atom. The maximum atomic E-state index is 12.4. The van der Waals surface area contributed by atoms with Crippen molar-refractivity contribution in [1.29, 1.82) is 0 Å². The highest BCUT2D eigenvalue weighted by molar-refractivity contribution is 5.78. The second-order valence-corrected chi connectivity index (χ2v) is 7.58. The maximum Gasteiger partial charge on any atom is 0.248 e. The van der Waals surface area contributed by atoms with E-state index < -0.39 is 0 Å². The highest BCUT2D eigenvalue weighted by atomic mass is 16.5. The molecule has 142 valence electrons. The van der Waals surface area contributed by atoms with Crippen molar-refractivity contribution >= 4 is 11.8 Å². The van der Waals surface area contributed by atoms with E-state index >= 15 is 0 Å². The smallest absolute Gasteiger partial charge is 0.248 e. The van der Waals surface area contributed by atoms with Crippen molar-refractivity contribution < 1.29 is 14.3 Å². The van der Waals surface area contributed by atoms with Crippen molar-refractivity contribution in [2.24, 2.45) is 5.41 Å². The number of likely N-dealkylation sites (tertiary alicyclic amines) is 2. The first kappa shape index (κ1) is 18.8. The molecule has 2 aliphatic heterocycles. The minimum absolute atomic E-state index is 0.0226. The minimum atomic E-state index is 0.0226. The van der Waals surface area contributed by atoms with Gasteiger partial charge < -0.3 is 14.5 Å². The van der Waals surface area contributed by atoms with Gasteiger partial charge in [-0.1, -0.05) is 13.0 Å². The van der Waals surface area contributed by atoms with Crippen LogP contribution < -0.4 is 0 Å². The summed E-state index contributed by atoms with van der Waals surface area (Å²) in [7, 11) is 0. The molecule has 0 saturated carbocycles. The van der Waals surface area contributed by atoms with Gasteiger partial charge in [0.05, 0.1) is 0 Å². The van der Waals surface area contributed by atoms with Gasteiger partial charge in [0.25, 0.3) is 0 Å². The molecule has 0 aromatic carbocycles. The van der Waals surface area contributed by atoms with E-state index in [0.717, 1.165) is 50.9 Å². The predicted molar refractivity (Wildman–Crippen MR) is 98.2 cm³/mol. The molecule has 26 heavy (non-hydrogen) atoms. The monoisotopic (exact) mass is 359 g/mol. The lowest BCUT2D eigenvalue weighted by atomic mass is 9.73. The van der Waals surface area contributed by atoms with Crippen molar-refractivity contribution in [2.75, 3.05) is 32.8 Å². The largest absolute Gasteiger partial charge is 0.372 e. The number of ether oxygens (including phenoxy) is 1. The summed E-state index contributed by atoms with van der Waals surface area (Å²) in [5.41, 5.74) is 1.07. The Morgan fingerprint density at radius 2 is 2.23 bits per heavy atom. The predicted octanol–water partition coefficient (Wildman–Crippen LogP) is 2.24. The number of hydrogen-bond acceptors (Lipinski definition) is 4. The Balaban J connectivity index is 1.62. The van der Waals surface area contributed by atoms with Crippen LogP contribution in [0.2, 0.25) is 0 Å². The molecule has 1 atom stereocenters. The van der Waals surface area contributed by atoms with Gasteiger partial charge in [-0.2, -0.15) is 0 Å². The molecule has 1 unspecified atom stereocenters. The van der Waals surface area contributed by atoms with Crippen molar-refractivity contribution in [2.45, 2.75) is 45.6 Å². The summed E-state index contributed by atoms with van der Waals surface area (Å²) in [6.07, 6.45) is 7.98. The number of amides is 2. The van der Waals surface area contributed by atoms with Crippen molar-refractivity contribution in [3.8, 4) is 0 Å². The standard InChI is InChI=1S/C20H29N3O3/c1-2-11-26-14-19(25)22-10-4-7-20(15-22)8-6-18(24)23(16-20)13-17-5-3-9-21-12-17/h3,5,9,12H,2,4,6-8,10-11,13-16H2,1H3. The molecule has 0 radical (unpaired) electrons. The Bertz CT molecular complexity index is 622. The normalized spacial score (nSPS) is 23.5. The number of piperidine rings is 2. The summed E-state index contributed by atoms with van der Waals surface area (Å²) < 4.78 is 5.43. The highest BCUT2D eigenvalue weighted by Gasteiger charge is 2.42. The molecule has 0 N–H and O–H groups in total. The van der Waals surface area contributed by atoms with Gasteiger partial charge in [-0.05, 0) is 37.3 Å². The van der Waals surface area contributed by atoms with Gasteiger partial charge in [-0.25, -0.2) is 0 Å². The van der Waals surface area contributed by atoms with Gasteiger partial charge in [-0.3, -0.25) is 14.6 Å². The number of nitrogens with zero attached hydrogens (tertiary/aromatic N) is 3. The van der Waals surface area contributed by atoms with E-state index in [1.807, 2.05) is 35.1 Å². The Hall–Kier alpha value is -1.95. The molecule has 1 aromatic heterocycles. The Kier molecular flexibility index (Phi) is 6.25. The lowest BCUT2D eigenvalue weighted by Crippen LogP contribution is -2.55. The first-order valence-corrected chi connectivity index (χ1v) is 9.64.